The van der Waals surface area contributed by atoms with Crippen LogP contribution >= 0.6 is 0 Å². The molecule has 2 aromatic carbocycles. The summed E-state index contributed by atoms with van der Waals surface area (Å²) in [6.45, 7) is 4.11. The van der Waals surface area contributed by atoms with Crippen molar-refractivity contribution in [3.05, 3.63) is 54.1 Å². The molecule has 2 atom stereocenters. The van der Waals surface area contributed by atoms with Crippen molar-refractivity contribution in [1.29, 1.82) is 0 Å². The maximum atomic E-state index is 12.9. The van der Waals surface area contributed by atoms with Gasteiger partial charge in [0.25, 0.3) is 5.91 Å². The minimum absolute atomic E-state index is 0.0838. The van der Waals surface area contributed by atoms with Gasteiger partial charge in [-0.3, -0.25) is 4.79 Å². The Hall–Kier alpha value is -2.63. The zero-order chi connectivity index (χ0) is 22.8. The van der Waals surface area contributed by atoms with E-state index in [9.17, 15) is 26.4 Å². The second-order valence-corrected chi connectivity index (χ2v) is 9.07. The Bertz CT molecular complexity index is 1010. The molecule has 1 aliphatic heterocycles. The van der Waals surface area contributed by atoms with Crippen molar-refractivity contribution in [3.8, 4) is 5.75 Å². The Morgan fingerprint density at radius 2 is 1.58 bits per heavy atom. The molecular weight excluding hydrogens is 437 g/mol. The zero-order valence-electron chi connectivity index (χ0n) is 16.7. The fourth-order valence-electron chi connectivity index (χ4n) is 3.20. The average Bonchev–Trinajstić information content (AvgIpc) is 2.67. The molecule has 3 rings (SSSR count). The third kappa shape index (κ3) is 5.96. The molecule has 0 spiro atoms. The standard InChI is InChI=1S/C20H21F3N2O5S/c1-13-11-25(12-14(2)29-13)31(27,28)18-9-5-16(6-10-18)24-19(26)15-3-7-17(8-4-15)30-20(21,22)23/h3-10,13-14H,11-12H2,1-2H3,(H,24,26). The molecule has 1 saturated heterocycles. The topological polar surface area (TPSA) is 84.9 Å². The van der Waals surface area contributed by atoms with E-state index in [2.05, 4.69) is 10.1 Å². The van der Waals surface area contributed by atoms with E-state index in [4.69, 9.17) is 4.74 Å². The number of benzene rings is 2. The van der Waals surface area contributed by atoms with Crippen molar-refractivity contribution in [2.75, 3.05) is 18.4 Å². The third-order valence-corrected chi connectivity index (χ3v) is 6.33. The summed E-state index contributed by atoms with van der Waals surface area (Å²) < 4.78 is 73.0. The van der Waals surface area contributed by atoms with Crippen LogP contribution in [0.5, 0.6) is 5.75 Å². The lowest BCUT2D eigenvalue weighted by Gasteiger charge is -2.34. The maximum Gasteiger partial charge on any atom is 0.573 e. The van der Waals surface area contributed by atoms with Crippen LogP contribution in [-0.2, 0) is 14.8 Å². The lowest BCUT2D eigenvalue weighted by molar-refractivity contribution is -0.274. The molecule has 1 amide bonds. The van der Waals surface area contributed by atoms with Crippen molar-refractivity contribution < 1.29 is 35.9 Å². The molecular formula is C20H21F3N2O5S. The number of carbonyl (C=O) groups is 1. The first-order valence-electron chi connectivity index (χ1n) is 9.37. The number of carbonyl (C=O) groups excluding carboxylic acids is 1. The van der Waals surface area contributed by atoms with E-state index >= 15 is 0 Å². The van der Waals surface area contributed by atoms with Crippen LogP contribution < -0.4 is 10.1 Å². The molecule has 0 aromatic heterocycles. The van der Waals surface area contributed by atoms with E-state index in [1.807, 2.05) is 0 Å². The van der Waals surface area contributed by atoms with Gasteiger partial charge in [0, 0.05) is 24.3 Å². The normalized spacial score (nSPS) is 20.3. The van der Waals surface area contributed by atoms with Crippen LogP contribution in [-0.4, -0.2) is 50.3 Å². The first kappa shape index (κ1) is 23.0. The summed E-state index contributed by atoms with van der Waals surface area (Å²) in [5.74, 6) is -1.00. The number of sulfonamides is 1. The largest absolute Gasteiger partial charge is 0.573 e. The van der Waals surface area contributed by atoms with E-state index < -0.39 is 28.0 Å². The second-order valence-electron chi connectivity index (χ2n) is 7.13. The molecule has 7 nitrogen and oxygen atoms in total. The fraction of sp³-hybridized carbons (Fsp3) is 0.350. The molecule has 2 unspecified atom stereocenters. The number of halogens is 3. The number of rotatable bonds is 5. The van der Waals surface area contributed by atoms with Crippen molar-refractivity contribution in [2.45, 2.75) is 37.3 Å². The number of hydrogen-bond acceptors (Lipinski definition) is 5. The van der Waals surface area contributed by atoms with Crippen molar-refractivity contribution in [3.63, 3.8) is 0 Å². The van der Waals surface area contributed by atoms with Crippen LogP contribution in [0.15, 0.2) is 53.4 Å². The number of morpholine rings is 1. The number of nitrogens with zero attached hydrogens (tertiary/aromatic N) is 1. The smallest absolute Gasteiger partial charge is 0.406 e. The number of amides is 1. The van der Waals surface area contributed by atoms with Crippen LogP contribution in [0, 0.1) is 0 Å². The minimum Gasteiger partial charge on any atom is -0.406 e. The zero-order valence-corrected chi connectivity index (χ0v) is 17.5. The first-order valence-corrected chi connectivity index (χ1v) is 10.8. The third-order valence-electron chi connectivity index (χ3n) is 4.49. The van der Waals surface area contributed by atoms with Gasteiger partial charge in [0.15, 0.2) is 0 Å². The molecule has 1 aliphatic rings. The molecule has 11 heteroatoms. The highest BCUT2D eigenvalue weighted by molar-refractivity contribution is 7.89. The Labute approximate surface area is 177 Å². The van der Waals surface area contributed by atoms with Gasteiger partial charge in [0.05, 0.1) is 17.1 Å². The summed E-state index contributed by atoms with van der Waals surface area (Å²) in [4.78, 5) is 12.4. The van der Waals surface area contributed by atoms with E-state index in [0.717, 1.165) is 12.1 Å². The minimum atomic E-state index is -4.82. The summed E-state index contributed by atoms with van der Waals surface area (Å²) in [6.07, 6.45) is -5.25. The van der Waals surface area contributed by atoms with Crippen LogP contribution in [0.25, 0.3) is 0 Å². The number of anilines is 1. The fourth-order valence-corrected chi connectivity index (χ4v) is 4.79. The lowest BCUT2D eigenvalue weighted by atomic mass is 10.2. The summed E-state index contributed by atoms with van der Waals surface area (Å²) in [5, 5.41) is 2.57. The summed E-state index contributed by atoms with van der Waals surface area (Å²) in [6, 6.07) is 10.1. The van der Waals surface area contributed by atoms with Gasteiger partial charge in [0.1, 0.15) is 5.75 Å². The molecule has 0 aliphatic carbocycles. The van der Waals surface area contributed by atoms with E-state index in [0.29, 0.717) is 5.69 Å². The molecule has 1 fully saturated rings. The number of ether oxygens (including phenoxy) is 2. The molecule has 2 aromatic rings. The van der Waals surface area contributed by atoms with Gasteiger partial charge in [-0.25, -0.2) is 8.42 Å². The Kier molecular flexibility index (Phi) is 6.58. The van der Waals surface area contributed by atoms with E-state index in [-0.39, 0.29) is 35.8 Å². The SMILES string of the molecule is CC1CN(S(=O)(=O)c2ccc(NC(=O)c3ccc(OC(F)(F)F)cc3)cc2)CC(C)O1. The predicted molar refractivity (Wildman–Crippen MR) is 106 cm³/mol. The number of hydrogen-bond donors (Lipinski definition) is 1. The van der Waals surface area contributed by atoms with Gasteiger partial charge in [0.2, 0.25) is 10.0 Å². The average molecular weight is 458 g/mol. The number of nitrogens with one attached hydrogen (secondary N) is 1. The molecule has 168 valence electrons. The summed E-state index contributed by atoms with van der Waals surface area (Å²) >= 11 is 0. The number of alkyl halides is 3. The van der Waals surface area contributed by atoms with Crippen molar-refractivity contribution in [2.24, 2.45) is 0 Å². The second kappa shape index (κ2) is 8.85. The maximum absolute atomic E-state index is 12.9. The highest BCUT2D eigenvalue weighted by atomic mass is 32.2. The molecule has 1 N–H and O–H groups in total. The lowest BCUT2D eigenvalue weighted by Crippen LogP contribution is -2.48. The summed E-state index contributed by atoms with van der Waals surface area (Å²) in [5.41, 5.74) is 0.450. The van der Waals surface area contributed by atoms with Crippen LogP contribution in [0.3, 0.4) is 0 Å². The van der Waals surface area contributed by atoms with Crippen molar-refractivity contribution in [1.82, 2.24) is 4.31 Å². The first-order chi connectivity index (χ1) is 14.4. The van der Waals surface area contributed by atoms with Crippen LogP contribution in [0.2, 0.25) is 0 Å². The van der Waals surface area contributed by atoms with Crippen molar-refractivity contribution >= 4 is 21.6 Å². The van der Waals surface area contributed by atoms with Gasteiger partial charge in [-0.1, -0.05) is 0 Å². The Morgan fingerprint density at radius 1 is 1.03 bits per heavy atom. The van der Waals surface area contributed by atoms with Gasteiger partial charge in [-0.2, -0.15) is 4.31 Å². The molecule has 0 radical (unpaired) electrons. The Balaban J connectivity index is 1.67. The highest BCUT2D eigenvalue weighted by Crippen LogP contribution is 2.24. The molecule has 31 heavy (non-hydrogen) atoms. The summed E-state index contributed by atoms with van der Waals surface area (Å²) in [7, 11) is -3.71. The molecule has 1 heterocycles. The van der Waals surface area contributed by atoms with Gasteiger partial charge >= 0.3 is 6.36 Å². The quantitative estimate of drug-likeness (QED) is 0.740. The molecule has 0 bridgehead atoms. The molecule has 0 saturated carbocycles. The van der Waals surface area contributed by atoms with Gasteiger partial charge in [-0.05, 0) is 62.4 Å². The van der Waals surface area contributed by atoms with Crippen LogP contribution in [0.1, 0.15) is 24.2 Å². The Morgan fingerprint density at radius 3 is 2.10 bits per heavy atom. The van der Waals surface area contributed by atoms with E-state index in [1.165, 1.54) is 40.7 Å². The monoisotopic (exact) mass is 458 g/mol. The van der Waals surface area contributed by atoms with E-state index in [1.54, 1.807) is 13.8 Å². The van der Waals surface area contributed by atoms with Gasteiger partial charge < -0.3 is 14.8 Å². The van der Waals surface area contributed by atoms with Gasteiger partial charge in [-0.15, -0.1) is 13.2 Å². The predicted octanol–water partition coefficient (Wildman–Crippen LogP) is 3.64. The highest BCUT2D eigenvalue weighted by Gasteiger charge is 2.32. The van der Waals surface area contributed by atoms with Crippen LogP contribution in [0.4, 0.5) is 18.9 Å².